The topological polar surface area (TPSA) is 42.2 Å². The van der Waals surface area contributed by atoms with Crippen molar-refractivity contribution < 1.29 is 13.7 Å². The molecule has 0 aliphatic carbocycles. The molecule has 1 aliphatic rings. The van der Waals surface area contributed by atoms with Gasteiger partial charge in [-0.15, -0.1) is 0 Å². The highest BCUT2D eigenvalue weighted by Gasteiger charge is 2.52. The van der Waals surface area contributed by atoms with E-state index in [1.54, 1.807) is 6.07 Å². The summed E-state index contributed by atoms with van der Waals surface area (Å²) in [6.07, 6.45) is 0. The quantitative estimate of drug-likeness (QED) is 0.743. The Hall–Kier alpha value is -1.09. The number of hydrogen-bond donors (Lipinski definition) is 0. The summed E-state index contributed by atoms with van der Waals surface area (Å²) < 4.78 is 25.1. The minimum absolute atomic E-state index is 0.0749. The summed E-state index contributed by atoms with van der Waals surface area (Å²) in [6, 6.07) is 4.27. The molecule has 19 heavy (non-hydrogen) atoms. The van der Waals surface area contributed by atoms with Crippen LogP contribution in [0.1, 0.15) is 33.3 Å². The lowest BCUT2D eigenvalue weighted by Crippen LogP contribution is -2.41. The summed E-state index contributed by atoms with van der Waals surface area (Å²) in [5, 5.41) is 9.06. The molecule has 0 bridgehead atoms. The van der Waals surface area contributed by atoms with Crippen molar-refractivity contribution in [1.82, 2.24) is 0 Å². The Kier molecular flexibility index (Phi) is 3.38. The van der Waals surface area contributed by atoms with E-state index in [1.807, 2.05) is 27.7 Å². The highest BCUT2D eigenvalue weighted by molar-refractivity contribution is 6.65. The smallest absolute Gasteiger partial charge is 0.399 e. The third kappa shape index (κ3) is 2.36. The first kappa shape index (κ1) is 14.3. The zero-order chi connectivity index (χ0) is 14.4. The Labute approximate surface area is 117 Å². The maximum Gasteiger partial charge on any atom is 0.496 e. The molecule has 1 aromatic rings. The van der Waals surface area contributed by atoms with Crippen LogP contribution < -0.4 is 5.46 Å². The minimum Gasteiger partial charge on any atom is -0.399 e. The number of rotatable bonds is 1. The van der Waals surface area contributed by atoms with E-state index in [-0.39, 0.29) is 10.6 Å². The molecule has 0 radical (unpaired) electrons. The number of hydrogen-bond acceptors (Lipinski definition) is 3. The highest BCUT2D eigenvalue weighted by Crippen LogP contribution is 2.37. The first-order valence-corrected chi connectivity index (χ1v) is 6.30. The molecule has 0 amide bonds. The Balaban J connectivity index is 2.43. The molecule has 6 heteroatoms. The maximum atomic E-state index is 13.4. The average molecular weight is 282 g/mol. The number of benzene rings is 1. The Morgan fingerprint density at radius 3 is 2.21 bits per heavy atom. The van der Waals surface area contributed by atoms with E-state index >= 15 is 0 Å². The van der Waals surface area contributed by atoms with Crippen LogP contribution in [-0.2, 0) is 9.31 Å². The molecule has 1 heterocycles. The van der Waals surface area contributed by atoms with E-state index in [0.717, 1.165) is 6.07 Å². The van der Waals surface area contributed by atoms with Gasteiger partial charge in [0, 0.05) is 10.5 Å². The molecule has 0 spiro atoms. The molecule has 1 fully saturated rings. The molecule has 0 N–H and O–H groups in total. The van der Waals surface area contributed by atoms with Gasteiger partial charge < -0.3 is 9.31 Å². The fourth-order valence-electron chi connectivity index (χ4n) is 1.80. The SMILES string of the molecule is CC1(C)OB(c2cc(C#N)c(F)cc2Cl)OC1(C)C. The Morgan fingerprint density at radius 2 is 1.74 bits per heavy atom. The second-order valence-corrected chi connectivity index (χ2v) is 5.96. The third-order valence-corrected chi connectivity index (χ3v) is 4.04. The van der Waals surface area contributed by atoms with Crippen LogP contribution in [0.5, 0.6) is 0 Å². The third-order valence-electron chi connectivity index (χ3n) is 3.71. The van der Waals surface area contributed by atoms with Crippen molar-refractivity contribution in [3.05, 3.63) is 28.5 Å². The number of halogens is 2. The van der Waals surface area contributed by atoms with Crippen LogP contribution in [0.15, 0.2) is 12.1 Å². The van der Waals surface area contributed by atoms with Gasteiger partial charge in [-0.1, -0.05) is 11.6 Å². The number of nitrogens with zero attached hydrogens (tertiary/aromatic N) is 1. The molecule has 2 rings (SSSR count). The molecule has 3 nitrogen and oxygen atoms in total. The summed E-state index contributed by atoms with van der Waals surface area (Å²) >= 11 is 6.02. The average Bonchev–Trinajstić information content (AvgIpc) is 2.48. The zero-order valence-electron chi connectivity index (χ0n) is 11.3. The van der Waals surface area contributed by atoms with Gasteiger partial charge in [0.15, 0.2) is 0 Å². The van der Waals surface area contributed by atoms with Gasteiger partial charge >= 0.3 is 7.12 Å². The van der Waals surface area contributed by atoms with Crippen LogP contribution in [0.25, 0.3) is 0 Å². The van der Waals surface area contributed by atoms with Crippen molar-refractivity contribution >= 4 is 24.2 Å². The van der Waals surface area contributed by atoms with Crippen molar-refractivity contribution in [3.63, 3.8) is 0 Å². The molecular weight excluding hydrogens is 267 g/mol. The molecule has 0 saturated carbocycles. The summed E-state index contributed by atoms with van der Waals surface area (Å²) in [7, 11) is -0.704. The van der Waals surface area contributed by atoms with Crippen molar-refractivity contribution in [1.29, 1.82) is 5.26 Å². The van der Waals surface area contributed by atoms with Gasteiger partial charge in [-0.25, -0.2) is 4.39 Å². The van der Waals surface area contributed by atoms with Crippen LogP contribution in [0.3, 0.4) is 0 Å². The molecule has 0 aromatic heterocycles. The lowest BCUT2D eigenvalue weighted by atomic mass is 9.78. The van der Waals surface area contributed by atoms with Crippen molar-refractivity contribution in [2.75, 3.05) is 0 Å². The fourth-order valence-corrected chi connectivity index (χ4v) is 2.04. The van der Waals surface area contributed by atoms with E-state index < -0.39 is 24.1 Å². The van der Waals surface area contributed by atoms with Crippen LogP contribution in [-0.4, -0.2) is 18.3 Å². The zero-order valence-corrected chi connectivity index (χ0v) is 12.0. The van der Waals surface area contributed by atoms with E-state index in [1.165, 1.54) is 6.07 Å². The Bertz CT molecular complexity index is 552. The summed E-state index contributed by atoms with van der Waals surface area (Å²) in [5.74, 6) is -0.646. The van der Waals surface area contributed by atoms with Gasteiger partial charge in [-0.3, -0.25) is 0 Å². The highest BCUT2D eigenvalue weighted by atomic mass is 35.5. The molecule has 0 unspecified atom stereocenters. The molecule has 1 aliphatic heterocycles. The lowest BCUT2D eigenvalue weighted by Gasteiger charge is -2.32. The normalized spacial score (nSPS) is 20.4. The maximum absolute atomic E-state index is 13.4. The fraction of sp³-hybridized carbons (Fsp3) is 0.462. The predicted molar refractivity (Wildman–Crippen MR) is 71.8 cm³/mol. The standard InChI is InChI=1S/C13H14BClFNO2/c1-12(2)13(3,4)19-14(18-12)9-5-8(7-17)11(16)6-10(9)15/h5-6H,1-4H3. The van der Waals surface area contributed by atoms with Gasteiger partial charge in [0.25, 0.3) is 0 Å². The first-order chi connectivity index (χ1) is 8.68. The lowest BCUT2D eigenvalue weighted by molar-refractivity contribution is 0.00578. The summed E-state index contributed by atoms with van der Waals surface area (Å²) in [5.41, 5.74) is -0.628. The second-order valence-electron chi connectivity index (χ2n) is 5.55. The Morgan fingerprint density at radius 1 is 1.21 bits per heavy atom. The van der Waals surface area contributed by atoms with Gasteiger partial charge in [0.2, 0.25) is 0 Å². The van der Waals surface area contributed by atoms with Crippen LogP contribution in [0.2, 0.25) is 5.02 Å². The van der Waals surface area contributed by atoms with Gasteiger partial charge in [0.1, 0.15) is 11.9 Å². The first-order valence-electron chi connectivity index (χ1n) is 5.92. The van der Waals surface area contributed by atoms with Crippen molar-refractivity contribution in [2.24, 2.45) is 0 Å². The monoisotopic (exact) mass is 281 g/mol. The molecule has 1 aromatic carbocycles. The largest absolute Gasteiger partial charge is 0.496 e. The van der Waals surface area contributed by atoms with E-state index in [4.69, 9.17) is 26.2 Å². The van der Waals surface area contributed by atoms with Crippen LogP contribution in [0.4, 0.5) is 4.39 Å². The summed E-state index contributed by atoms with van der Waals surface area (Å²) in [4.78, 5) is 0. The van der Waals surface area contributed by atoms with Crippen molar-refractivity contribution in [2.45, 2.75) is 38.9 Å². The van der Waals surface area contributed by atoms with Gasteiger partial charge in [0.05, 0.1) is 16.8 Å². The predicted octanol–water partition coefficient (Wildman–Crippen LogP) is 2.65. The second kappa shape index (κ2) is 4.48. The number of nitriles is 1. The molecule has 100 valence electrons. The van der Waals surface area contributed by atoms with Crippen molar-refractivity contribution in [3.8, 4) is 6.07 Å². The van der Waals surface area contributed by atoms with Gasteiger partial charge in [-0.05, 0) is 39.8 Å². The van der Waals surface area contributed by atoms with E-state index in [2.05, 4.69) is 0 Å². The molecule has 0 atom stereocenters. The van der Waals surface area contributed by atoms with Crippen LogP contribution in [0, 0.1) is 17.1 Å². The van der Waals surface area contributed by atoms with E-state index in [0.29, 0.717) is 5.46 Å². The minimum atomic E-state index is -0.704. The molecular formula is C13H14BClFNO2. The summed E-state index contributed by atoms with van der Waals surface area (Å²) in [6.45, 7) is 7.65. The molecule has 1 saturated heterocycles. The van der Waals surface area contributed by atoms with E-state index in [9.17, 15) is 4.39 Å². The van der Waals surface area contributed by atoms with Gasteiger partial charge in [-0.2, -0.15) is 5.26 Å². The van der Waals surface area contributed by atoms with Crippen LogP contribution >= 0.6 is 11.6 Å².